The Kier molecular flexibility index (Phi) is 5.22. The molecule has 1 saturated carbocycles. The van der Waals surface area contributed by atoms with Crippen LogP contribution in [0.5, 0.6) is 0 Å². The van der Waals surface area contributed by atoms with Gasteiger partial charge >= 0.3 is 5.97 Å². The highest BCUT2D eigenvalue weighted by Gasteiger charge is 2.44. The van der Waals surface area contributed by atoms with Crippen LogP contribution in [0.1, 0.15) is 33.1 Å². The first-order valence-electron chi connectivity index (χ1n) is 7.74. The van der Waals surface area contributed by atoms with Crippen molar-refractivity contribution in [1.29, 1.82) is 0 Å². The van der Waals surface area contributed by atoms with Gasteiger partial charge in [-0.25, -0.2) is 0 Å². The van der Waals surface area contributed by atoms with Gasteiger partial charge in [0.1, 0.15) is 0 Å². The number of carboxylic acids is 1. The molecule has 0 spiro atoms. The number of ether oxygens (including phenoxy) is 1. The molecule has 21 heavy (non-hydrogen) atoms. The van der Waals surface area contributed by atoms with Crippen LogP contribution in [0, 0.1) is 17.8 Å². The molecule has 1 aliphatic carbocycles. The highest BCUT2D eigenvalue weighted by Crippen LogP contribution is 2.39. The highest BCUT2D eigenvalue weighted by molar-refractivity contribution is 5.85. The minimum Gasteiger partial charge on any atom is -0.481 e. The number of hydrogen-bond donors (Lipinski definition) is 2. The molecule has 0 aromatic rings. The maximum absolute atomic E-state index is 12.7. The first-order chi connectivity index (χ1) is 9.96. The van der Waals surface area contributed by atoms with Crippen molar-refractivity contribution in [2.45, 2.75) is 45.3 Å². The van der Waals surface area contributed by atoms with Crippen molar-refractivity contribution in [1.82, 2.24) is 4.90 Å². The minimum absolute atomic E-state index is 0.0908. The molecule has 120 valence electrons. The Morgan fingerprint density at radius 2 is 1.90 bits per heavy atom. The Hall–Kier alpha value is -1.14. The van der Waals surface area contributed by atoms with Gasteiger partial charge in [-0.05, 0) is 25.7 Å². The summed E-state index contributed by atoms with van der Waals surface area (Å²) in [5.41, 5.74) is 0. The lowest BCUT2D eigenvalue weighted by Gasteiger charge is -2.37. The molecule has 2 rings (SSSR count). The van der Waals surface area contributed by atoms with Crippen LogP contribution in [0.15, 0.2) is 0 Å². The second-order valence-electron chi connectivity index (χ2n) is 6.29. The zero-order valence-corrected chi connectivity index (χ0v) is 12.7. The molecule has 6 heteroatoms. The van der Waals surface area contributed by atoms with Crippen LogP contribution in [0.3, 0.4) is 0 Å². The summed E-state index contributed by atoms with van der Waals surface area (Å²) >= 11 is 0. The van der Waals surface area contributed by atoms with E-state index >= 15 is 0 Å². The van der Waals surface area contributed by atoms with Crippen LogP contribution in [-0.2, 0) is 14.3 Å². The zero-order chi connectivity index (χ0) is 15.6. The average Bonchev–Trinajstić information content (AvgIpc) is 2.90. The van der Waals surface area contributed by atoms with Crippen LogP contribution in [0.4, 0.5) is 0 Å². The summed E-state index contributed by atoms with van der Waals surface area (Å²) in [6.07, 6.45) is 1.65. The third kappa shape index (κ3) is 3.55. The second kappa shape index (κ2) is 6.75. The van der Waals surface area contributed by atoms with Crippen LogP contribution in [-0.4, -0.2) is 58.9 Å². The monoisotopic (exact) mass is 299 g/mol. The molecular weight excluding hydrogens is 274 g/mol. The molecular formula is C15H25NO5. The summed E-state index contributed by atoms with van der Waals surface area (Å²) in [7, 11) is 0. The molecule has 1 amide bonds. The van der Waals surface area contributed by atoms with E-state index in [-0.39, 0.29) is 24.7 Å². The molecule has 3 unspecified atom stereocenters. The van der Waals surface area contributed by atoms with Crippen LogP contribution in [0.25, 0.3) is 0 Å². The van der Waals surface area contributed by atoms with Crippen molar-refractivity contribution in [3.63, 3.8) is 0 Å². The molecule has 2 fully saturated rings. The Morgan fingerprint density at radius 1 is 1.24 bits per heavy atom. The van der Waals surface area contributed by atoms with Crippen molar-refractivity contribution in [2.75, 3.05) is 19.7 Å². The lowest BCUT2D eigenvalue weighted by Crippen LogP contribution is -2.52. The topological polar surface area (TPSA) is 87.1 Å². The molecule has 1 heterocycles. The van der Waals surface area contributed by atoms with Crippen LogP contribution >= 0.6 is 0 Å². The van der Waals surface area contributed by atoms with Crippen molar-refractivity contribution in [3.8, 4) is 0 Å². The summed E-state index contributed by atoms with van der Waals surface area (Å²) in [4.78, 5) is 25.8. The summed E-state index contributed by atoms with van der Waals surface area (Å²) in [5.74, 6) is -1.66. The van der Waals surface area contributed by atoms with E-state index in [4.69, 9.17) is 4.74 Å². The maximum Gasteiger partial charge on any atom is 0.307 e. The molecule has 2 aliphatic rings. The van der Waals surface area contributed by atoms with Gasteiger partial charge in [0.15, 0.2) is 0 Å². The van der Waals surface area contributed by atoms with Crippen molar-refractivity contribution < 1.29 is 24.5 Å². The highest BCUT2D eigenvalue weighted by atomic mass is 16.5. The summed E-state index contributed by atoms with van der Waals surface area (Å²) in [5, 5.41) is 18.6. The Balaban J connectivity index is 2.08. The number of rotatable bonds is 4. The summed E-state index contributed by atoms with van der Waals surface area (Å²) in [6.45, 7) is 4.59. The predicted octanol–water partition coefficient (Wildman–Crippen LogP) is 0.732. The number of hydrogen-bond acceptors (Lipinski definition) is 4. The molecule has 0 radical (unpaired) electrons. The number of morpholine rings is 1. The fourth-order valence-electron chi connectivity index (χ4n) is 3.58. The lowest BCUT2D eigenvalue weighted by molar-refractivity contribution is -0.157. The summed E-state index contributed by atoms with van der Waals surface area (Å²) < 4.78 is 5.53. The van der Waals surface area contributed by atoms with Crippen molar-refractivity contribution in [2.24, 2.45) is 17.8 Å². The Bertz CT molecular complexity index is 400. The number of aliphatic hydroxyl groups excluding tert-OH is 1. The number of carboxylic acid groups (broad SMARTS) is 1. The third-order valence-electron chi connectivity index (χ3n) is 4.71. The number of carbonyl (C=O) groups excluding carboxylic acids is 1. The fraction of sp³-hybridized carbons (Fsp3) is 0.867. The maximum atomic E-state index is 12.7. The van der Waals surface area contributed by atoms with Gasteiger partial charge in [-0.2, -0.15) is 0 Å². The van der Waals surface area contributed by atoms with Gasteiger partial charge in [0, 0.05) is 13.1 Å². The van der Waals surface area contributed by atoms with Gasteiger partial charge < -0.3 is 19.8 Å². The number of nitrogens with zero attached hydrogens (tertiary/aromatic N) is 1. The number of aliphatic hydroxyl groups is 1. The molecule has 0 aromatic carbocycles. The molecule has 5 atom stereocenters. The number of amides is 1. The number of aliphatic carboxylic acids is 1. The molecule has 2 N–H and O–H groups in total. The van der Waals surface area contributed by atoms with Crippen LogP contribution in [0.2, 0.25) is 0 Å². The zero-order valence-electron chi connectivity index (χ0n) is 12.7. The predicted molar refractivity (Wildman–Crippen MR) is 75.6 cm³/mol. The van der Waals surface area contributed by atoms with Crippen molar-refractivity contribution >= 4 is 11.9 Å². The molecule has 1 aliphatic heterocycles. The average molecular weight is 299 g/mol. The van der Waals surface area contributed by atoms with E-state index < -0.39 is 17.8 Å². The molecule has 0 bridgehead atoms. The van der Waals surface area contributed by atoms with Gasteiger partial charge in [-0.1, -0.05) is 13.3 Å². The Labute approximate surface area is 125 Å². The largest absolute Gasteiger partial charge is 0.481 e. The van der Waals surface area contributed by atoms with E-state index in [0.717, 1.165) is 6.42 Å². The fourth-order valence-corrected chi connectivity index (χ4v) is 3.58. The quantitative estimate of drug-likeness (QED) is 0.799. The van der Waals surface area contributed by atoms with Gasteiger partial charge in [0.05, 0.1) is 30.7 Å². The van der Waals surface area contributed by atoms with Gasteiger partial charge in [0.25, 0.3) is 0 Å². The molecule has 0 aromatic heterocycles. The smallest absolute Gasteiger partial charge is 0.307 e. The molecule has 1 saturated heterocycles. The second-order valence-corrected chi connectivity index (χ2v) is 6.29. The van der Waals surface area contributed by atoms with E-state index in [1.54, 1.807) is 4.90 Å². The minimum atomic E-state index is -0.871. The van der Waals surface area contributed by atoms with Crippen molar-refractivity contribution in [3.05, 3.63) is 0 Å². The van der Waals surface area contributed by atoms with E-state index in [0.29, 0.717) is 31.8 Å². The van der Waals surface area contributed by atoms with Gasteiger partial charge in [-0.3, -0.25) is 9.59 Å². The third-order valence-corrected chi connectivity index (χ3v) is 4.71. The first kappa shape index (κ1) is 16.2. The normalized spacial score (nSPS) is 36.7. The van der Waals surface area contributed by atoms with Gasteiger partial charge in [-0.15, -0.1) is 0 Å². The van der Waals surface area contributed by atoms with E-state index in [1.165, 1.54) is 0 Å². The lowest BCUT2D eigenvalue weighted by atomic mass is 9.94. The standard InChI is InChI=1S/C15H25NO5/c1-3-10-4-12(13(5-10)15(19)20)14(18)16-6-9(2)21-11(7-16)8-17/h9-13,17H,3-8H2,1-2H3,(H,19,20)/t9?,10?,11?,12-,13+/m0/s1. The van der Waals surface area contributed by atoms with Gasteiger partial charge in [0.2, 0.25) is 5.91 Å². The Morgan fingerprint density at radius 3 is 2.48 bits per heavy atom. The van der Waals surface area contributed by atoms with E-state index in [2.05, 4.69) is 0 Å². The number of carbonyl (C=O) groups is 2. The van der Waals surface area contributed by atoms with Crippen LogP contribution < -0.4 is 0 Å². The summed E-state index contributed by atoms with van der Waals surface area (Å²) in [6, 6.07) is 0. The van der Waals surface area contributed by atoms with E-state index in [9.17, 15) is 19.8 Å². The molecule has 6 nitrogen and oxygen atoms in total. The SMILES string of the molecule is CCC1C[C@H](C(=O)N2CC(C)OC(CO)C2)[C@H](C(=O)O)C1. The van der Waals surface area contributed by atoms with E-state index in [1.807, 2.05) is 13.8 Å². The first-order valence-corrected chi connectivity index (χ1v) is 7.74.